The quantitative estimate of drug-likeness (QED) is 0.754. The van der Waals surface area contributed by atoms with Gasteiger partial charge >= 0.3 is 0 Å². The van der Waals surface area contributed by atoms with Gasteiger partial charge in [0.1, 0.15) is 0 Å². The van der Waals surface area contributed by atoms with Crippen LogP contribution in [0.15, 0.2) is 0 Å². The van der Waals surface area contributed by atoms with E-state index in [-0.39, 0.29) is 12.2 Å². The summed E-state index contributed by atoms with van der Waals surface area (Å²) in [6, 6.07) is 0. The minimum Gasteiger partial charge on any atom is -0.394 e. The van der Waals surface area contributed by atoms with Crippen LogP contribution >= 0.6 is 0 Å². The Hall–Kier alpha value is -0.120. The molecule has 4 aliphatic carbocycles. The summed E-state index contributed by atoms with van der Waals surface area (Å²) in [7, 11) is 0. The van der Waals surface area contributed by atoms with E-state index in [2.05, 4.69) is 0 Å². The molecule has 3 heteroatoms. The minimum absolute atomic E-state index is 0.0872. The first kappa shape index (κ1) is 11.0. The summed E-state index contributed by atoms with van der Waals surface area (Å²) in [4.78, 5) is 0. The van der Waals surface area contributed by atoms with Gasteiger partial charge in [-0.25, -0.2) is 0 Å². The van der Waals surface area contributed by atoms with Crippen molar-refractivity contribution in [2.45, 2.75) is 37.7 Å². The monoisotopic (exact) mass is 225 g/mol. The van der Waals surface area contributed by atoms with E-state index in [0.717, 1.165) is 11.8 Å². The molecule has 4 aliphatic rings. The third-order valence-corrected chi connectivity index (χ3v) is 5.30. The van der Waals surface area contributed by atoms with Crippen LogP contribution in [0.3, 0.4) is 0 Å². The molecule has 0 aromatic heterocycles. The van der Waals surface area contributed by atoms with Gasteiger partial charge in [-0.05, 0) is 55.8 Å². The van der Waals surface area contributed by atoms with Gasteiger partial charge in [0.15, 0.2) is 0 Å². The van der Waals surface area contributed by atoms with Crippen LogP contribution in [0.2, 0.25) is 0 Å². The molecule has 0 spiro atoms. The highest BCUT2D eigenvalue weighted by Gasteiger charge is 2.57. The second-order valence-electron chi connectivity index (χ2n) is 6.04. The predicted molar refractivity (Wildman–Crippen MR) is 61.9 cm³/mol. The first-order valence-corrected chi connectivity index (χ1v) is 6.73. The largest absolute Gasteiger partial charge is 0.394 e. The van der Waals surface area contributed by atoms with E-state index < -0.39 is 0 Å². The summed E-state index contributed by atoms with van der Waals surface area (Å²) in [6.45, 7) is 1.22. The van der Waals surface area contributed by atoms with Crippen molar-refractivity contribution in [3.05, 3.63) is 0 Å². The summed E-state index contributed by atoms with van der Waals surface area (Å²) in [6.07, 6.45) is 6.71. The maximum absolute atomic E-state index is 8.97. The Labute approximate surface area is 97.3 Å². The van der Waals surface area contributed by atoms with E-state index in [0.29, 0.717) is 25.0 Å². The number of aliphatic hydroxyl groups is 1. The standard InChI is InChI=1S/C13H23NO2/c14-8-13(16-2-1-15)11-4-9-3-10(6-11)7-12(13)5-9/h9-12,15H,1-8,14H2. The molecular weight excluding hydrogens is 202 g/mol. The fourth-order valence-corrected chi connectivity index (χ4v) is 4.85. The summed E-state index contributed by atoms with van der Waals surface area (Å²) < 4.78 is 6.03. The van der Waals surface area contributed by atoms with E-state index in [1.165, 1.54) is 32.1 Å². The van der Waals surface area contributed by atoms with Gasteiger partial charge in [0.25, 0.3) is 0 Å². The van der Waals surface area contributed by atoms with Crippen molar-refractivity contribution in [3.63, 3.8) is 0 Å². The van der Waals surface area contributed by atoms with Gasteiger partial charge in [-0.15, -0.1) is 0 Å². The van der Waals surface area contributed by atoms with E-state index >= 15 is 0 Å². The van der Waals surface area contributed by atoms with Crippen molar-refractivity contribution < 1.29 is 9.84 Å². The average Bonchev–Trinajstić information content (AvgIpc) is 2.28. The normalized spacial score (nSPS) is 49.9. The van der Waals surface area contributed by atoms with Crippen molar-refractivity contribution in [1.82, 2.24) is 0 Å². The molecule has 0 aromatic rings. The van der Waals surface area contributed by atoms with Crippen molar-refractivity contribution in [2.24, 2.45) is 29.4 Å². The molecule has 0 unspecified atom stereocenters. The third-order valence-electron chi connectivity index (χ3n) is 5.30. The highest BCUT2D eigenvalue weighted by atomic mass is 16.5. The number of hydrogen-bond acceptors (Lipinski definition) is 3. The molecule has 4 rings (SSSR count). The Morgan fingerprint density at radius 1 is 1.06 bits per heavy atom. The van der Waals surface area contributed by atoms with Crippen LogP contribution in [-0.4, -0.2) is 30.5 Å². The maximum Gasteiger partial charge on any atom is 0.0861 e. The molecule has 3 N–H and O–H groups in total. The Morgan fingerprint density at radius 2 is 1.62 bits per heavy atom. The lowest BCUT2D eigenvalue weighted by atomic mass is 9.49. The van der Waals surface area contributed by atoms with Crippen LogP contribution in [0.1, 0.15) is 32.1 Å². The smallest absolute Gasteiger partial charge is 0.0861 e. The van der Waals surface area contributed by atoms with E-state index in [9.17, 15) is 0 Å². The Kier molecular flexibility index (Phi) is 2.73. The summed E-state index contributed by atoms with van der Waals surface area (Å²) >= 11 is 0. The molecule has 4 saturated carbocycles. The lowest BCUT2D eigenvalue weighted by Crippen LogP contribution is -2.62. The fourth-order valence-electron chi connectivity index (χ4n) is 4.85. The predicted octanol–water partition coefficient (Wildman–Crippen LogP) is 1.15. The zero-order chi connectivity index (χ0) is 11.2. The van der Waals surface area contributed by atoms with Gasteiger partial charge in [-0.1, -0.05) is 0 Å². The molecule has 92 valence electrons. The van der Waals surface area contributed by atoms with Crippen LogP contribution in [0, 0.1) is 23.7 Å². The number of rotatable bonds is 4. The van der Waals surface area contributed by atoms with Gasteiger partial charge < -0.3 is 15.6 Å². The van der Waals surface area contributed by atoms with Crippen LogP contribution in [0.5, 0.6) is 0 Å². The Bertz CT molecular complexity index is 239. The first-order chi connectivity index (χ1) is 7.78. The SMILES string of the molecule is NCC1(OCCO)C2CC3CC(C2)CC1C3. The van der Waals surface area contributed by atoms with Gasteiger partial charge in [0.2, 0.25) is 0 Å². The molecule has 0 aromatic carbocycles. The van der Waals surface area contributed by atoms with Crippen LogP contribution in [0.25, 0.3) is 0 Å². The van der Waals surface area contributed by atoms with Crippen LogP contribution in [-0.2, 0) is 4.74 Å². The fraction of sp³-hybridized carbons (Fsp3) is 1.00. The zero-order valence-corrected chi connectivity index (χ0v) is 9.90. The number of hydrogen-bond donors (Lipinski definition) is 2. The number of aliphatic hydroxyl groups excluding tert-OH is 1. The van der Waals surface area contributed by atoms with Crippen molar-refractivity contribution in [3.8, 4) is 0 Å². The van der Waals surface area contributed by atoms with Gasteiger partial charge in [-0.2, -0.15) is 0 Å². The molecular formula is C13H23NO2. The molecule has 0 amide bonds. The first-order valence-electron chi connectivity index (χ1n) is 6.73. The highest BCUT2D eigenvalue weighted by molar-refractivity contribution is 5.08. The van der Waals surface area contributed by atoms with Crippen molar-refractivity contribution in [1.29, 1.82) is 0 Å². The molecule has 16 heavy (non-hydrogen) atoms. The second-order valence-corrected chi connectivity index (χ2v) is 6.04. The second kappa shape index (κ2) is 3.97. The highest BCUT2D eigenvalue weighted by Crippen LogP contribution is 2.59. The van der Waals surface area contributed by atoms with Crippen LogP contribution < -0.4 is 5.73 Å². The summed E-state index contributed by atoms with van der Waals surface area (Å²) in [5.74, 6) is 3.22. The summed E-state index contributed by atoms with van der Waals surface area (Å²) in [5.41, 5.74) is 5.94. The lowest BCUT2D eigenvalue weighted by molar-refractivity contribution is -0.201. The van der Waals surface area contributed by atoms with Gasteiger partial charge in [0.05, 0.1) is 18.8 Å². The Morgan fingerprint density at radius 3 is 2.06 bits per heavy atom. The molecule has 0 heterocycles. The van der Waals surface area contributed by atoms with Crippen molar-refractivity contribution >= 4 is 0 Å². The minimum atomic E-state index is -0.0872. The zero-order valence-electron chi connectivity index (χ0n) is 9.90. The molecule has 0 saturated heterocycles. The third kappa shape index (κ3) is 1.45. The van der Waals surface area contributed by atoms with Gasteiger partial charge in [-0.3, -0.25) is 0 Å². The molecule has 0 aliphatic heterocycles. The molecule has 4 bridgehead atoms. The maximum atomic E-state index is 8.97. The lowest BCUT2D eigenvalue weighted by Gasteiger charge is -2.60. The molecule has 0 radical (unpaired) electrons. The molecule has 0 atom stereocenters. The van der Waals surface area contributed by atoms with Crippen LogP contribution in [0.4, 0.5) is 0 Å². The van der Waals surface area contributed by atoms with E-state index in [1.807, 2.05) is 0 Å². The topological polar surface area (TPSA) is 55.5 Å². The van der Waals surface area contributed by atoms with E-state index in [1.54, 1.807) is 0 Å². The van der Waals surface area contributed by atoms with Crippen molar-refractivity contribution in [2.75, 3.05) is 19.8 Å². The van der Waals surface area contributed by atoms with Gasteiger partial charge in [0, 0.05) is 6.54 Å². The average molecular weight is 225 g/mol. The molecule has 4 fully saturated rings. The number of ether oxygens (including phenoxy) is 1. The van der Waals surface area contributed by atoms with E-state index in [4.69, 9.17) is 15.6 Å². The Balaban J connectivity index is 1.82. The number of nitrogens with two attached hydrogens (primary N) is 1. The summed E-state index contributed by atoms with van der Waals surface area (Å²) in [5, 5.41) is 8.97. The molecule has 3 nitrogen and oxygen atoms in total.